The van der Waals surface area contributed by atoms with Gasteiger partial charge < -0.3 is 5.32 Å². The molecule has 2 rings (SSSR count). The van der Waals surface area contributed by atoms with Crippen LogP contribution in [-0.4, -0.2) is 12.2 Å². The molecule has 1 aliphatic rings. The van der Waals surface area contributed by atoms with Crippen LogP contribution in [0.1, 0.15) is 44.2 Å². The number of hydrogen-bond acceptors (Lipinski definition) is 1. The molecule has 112 valence electrons. The molecule has 1 aromatic carbocycles. The van der Waals surface area contributed by atoms with Gasteiger partial charge in [0.2, 0.25) is 0 Å². The number of alkyl halides is 3. The molecule has 0 heterocycles. The highest BCUT2D eigenvalue weighted by molar-refractivity contribution is 9.10. The summed E-state index contributed by atoms with van der Waals surface area (Å²) >= 11 is 3.45. The molecule has 1 aromatic rings. The predicted octanol–water partition coefficient (Wildman–Crippen LogP) is 5.22. The second kappa shape index (κ2) is 6.48. The van der Waals surface area contributed by atoms with Gasteiger partial charge in [0, 0.05) is 16.6 Å². The number of benzene rings is 1. The van der Waals surface area contributed by atoms with Crippen LogP contribution in [0.3, 0.4) is 0 Å². The van der Waals surface area contributed by atoms with Crippen molar-refractivity contribution in [2.75, 3.05) is 0 Å². The van der Waals surface area contributed by atoms with Gasteiger partial charge in [-0.2, -0.15) is 13.2 Å². The summed E-state index contributed by atoms with van der Waals surface area (Å²) in [6.07, 6.45) is -1.73. The molecule has 0 saturated heterocycles. The van der Waals surface area contributed by atoms with Gasteiger partial charge in [-0.3, -0.25) is 0 Å². The summed E-state index contributed by atoms with van der Waals surface area (Å²) in [6, 6.07) is 7.08. The lowest BCUT2D eigenvalue weighted by atomic mass is 9.83. The summed E-state index contributed by atoms with van der Waals surface area (Å²) in [5, 5.41) is 3.18. The van der Waals surface area contributed by atoms with Gasteiger partial charge in [-0.05, 0) is 31.4 Å². The highest BCUT2D eigenvalue weighted by Crippen LogP contribution is 2.38. The molecule has 0 spiro atoms. The van der Waals surface area contributed by atoms with Crippen LogP contribution in [0.2, 0.25) is 0 Å². The van der Waals surface area contributed by atoms with Gasteiger partial charge in [-0.25, -0.2) is 0 Å². The maximum atomic E-state index is 13.1. The molecule has 1 nitrogen and oxygen atoms in total. The van der Waals surface area contributed by atoms with E-state index in [2.05, 4.69) is 21.2 Å². The van der Waals surface area contributed by atoms with Crippen LogP contribution in [0.5, 0.6) is 0 Å². The molecule has 5 heteroatoms. The van der Waals surface area contributed by atoms with Gasteiger partial charge in [-0.15, -0.1) is 0 Å². The van der Waals surface area contributed by atoms with E-state index < -0.39 is 18.1 Å². The molecule has 0 aliphatic heterocycles. The third kappa shape index (κ3) is 3.76. The van der Waals surface area contributed by atoms with Gasteiger partial charge >= 0.3 is 6.18 Å². The maximum Gasteiger partial charge on any atom is 0.393 e. The fraction of sp³-hybridized carbons (Fsp3) is 0.600. The second-order valence-corrected chi connectivity index (χ2v) is 6.30. The van der Waals surface area contributed by atoms with Gasteiger partial charge in [0.15, 0.2) is 0 Å². The largest absolute Gasteiger partial charge is 0.393 e. The van der Waals surface area contributed by atoms with Crippen LogP contribution in [0.4, 0.5) is 13.2 Å². The standard InChI is InChI=1S/C15H19BrF3N/c1-10(11-6-2-4-8-13(11)16)20-14-9-5-3-7-12(14)15(17,18)19/h2,4,6,8,10,12,14,20H,3,5,7,9H2,1H3/t10-,12?,14?/m0/s1. The number of halogens is 4. The Balaban J connectivity index is 2.09. The van der Waals surface area contributed by atoms with Crippen molar-refractivity contribution in [3.05, 3.63) is 34.3 Å². The first-order chi connectivity index (χ1) is 9.39. The fourth-order valence-electron chi connectivity index (χ4n) is 2.96. The molecule has 2 unspecified atom stereocenters. The van der Waals surface area contributed by atoms with Crippen LogP contribution >= 0.6 is 15.9 Å². The second-order valence-electron chi connectivity index (χ2n) is 5.45. The number of rotatable bonds is 3. The lowest BCUT2D eigenvalue weighted by Crippen LogP contribution is -2.46. The highest BCUT2D eigenvalue weighted by atomic mass is 79.9. The third-order valence-corrected chi connectivity index (χ3v) is 4.74. The molecule has 1 fully saturated rings. The monoisotopic (exact) mass is 349 g/mol. The van der Waals surface area contributed by atoms with E-state index in [9.17, 15) is 13.2 Å². The van der Waals surface area contributed by atoms with E-state index in [1.54, 1.807) is 0 Å². The molecule has 3 atom stereocenters. The van der Waals surface area contributed by atoms with Crippen molar-refractivity contribution in [1.29, 1.82) is 0 Å². The van der Waals surface area contributed by atoms with Crippen LogP contribution < -0.4 is 5.32 Å². The normalized spacial score (nSPS) is 25.4. The van der Waals surface area contributed by atoms with Gasteiger partial charge in [0.05, 0.1) is 5.92 Å². The smallest absolute Gasteiger partial charge is 0.307 e. The summed E-state index contributed by atoms with van der Waals surface area (Å²) in [5.41, 5.74) is 0.999. The zero-order valence-electron chi connectivity index (χ0n) is 11.4. The van der Waals surface area contributed by atoms with E-state index in [0.717, 1.165) is 16.5 Å². The first kappa shape index (κ1) is 15.8. The van der Waals surface area contributed by atoms with Gasteiger partial charge in [-0.1, -0.05) is 47.0 Å². The van der Waals surface area contributed by atoms with E-state index in [1.165, 1.54) is 0 Å². The third-order valence-electron chi connectivity index (χ3n) is 4.02. The number of hydrogen-bond donors (Lipinski definition) is 1. The highest BCUT2D eigenvalue weighted by Gasteiger charge is 2.45. The van der Waals surface area contributed by atoms with E-state index in [-0.39, 0.29) is 12.5 Å². The van der Waals surface area contributed by atoms with Crippen LogP contribution in [-0.2, 0) is 0 Å². The Hall–Kier alpha value is -0.550. The Morgan fingerprint density at radius 1 is 1.20 bits per heavy atom. The molecule has 0 bridgehead atoms. The van der Waals surface area contributed by atoms with Crippen molar-refractivity contribution in [2.45, 2.75) is 50.9 Å². The lowest BCUT2D eigenvalue weighted by molar-refractivity contribution is -0.189. The molecular formula is C15H19BrF3N. The summed E-state index contributed by atoms with van der Waals surface area (Å²) < 4.78 is 40.2. The minimum Gasteiger partial charge on any atom is -0.307 e. The molecule has 1 aliphatic carbocycles. The van der Waals surface area contributed by atoms with Crippen molar-refractivity contribution in [2.24, 2.45) is 5.92 Å². The molecule has 1 saturated carbocycles. The zero-order chi connectivity index (χ0) is 14.8. The lowest BCUT2D eigenvalue weighted by Gasteiger charge is -2.35. The minimum absolute atomic E-state index is 0.0986. The van der Waals surface area contributed by atoms with Crippen LogP contribution in [0.25, 0.3) is 0 Å². The van der Waals surface area contributed by atoms with E-state index in [1.807, 2.05) is 31.2 Å². The van der Waals surface area contributed by atoms with Crippen molar-refractivity contribution in [3.8, 4) is 0 Å². The minimum atomic E-state index is -4.11. The first-order valence-electron chi connectivity index (χ1n) is 6.97. The van der Waals surface area contributed by atoms with E-state index >= 15 is 0 Å². The average molecular weight is 350 g/mol. The molecule has 20 heavy (non-hydrogen) atoms. The topological polar surface area (TPSA) is 12.0 Å². The van der Waals surface area contributed by atoms with Crippen molar-refractivity contribution < 1.29 is 13.2 Å². The summed E-state index contributed by atoms with van der Waals surface area (Å²) in [6.45, 7) is 1.92. The fourth-order valence-corrected chi connectivity index (χ4v) is 3.59. The van der Waals surface area contributed by atoms with Crippen molar-refractivity contribution >= 4 is 15.9 Å². The first-order valence-corrected chi connectivity index (χ1v) is 7.76. The van der Waals surface area contributed by atoms with E-state index in [0.29, 0.717) is 12.8 Å². The summed E-state index contributed by atoms with van der Waals surface area (Å²) in [5.74, 6) is -1.22. The SMILES string of the molecule is C[C@H](NC1CCCCC1C(F)(F)F)c1ccccc1Br. The molecular weight excluding hydrogens is 331 g/mol. The molecule has 0 radical (unpaired) electrons. The number of nitrogens with one attached hydrogen (secondary N) is 1. The Morgan fingerprint density at radius 3 is 2.50 bits per heavy atom. The summed E-state index contributed by atoms with van der Waals surface area (Å²) in [4.78, 5) is 0. The molecule has 1 N–H and O–H groups in total. The Labute approximate surface area is 126 Å². The predicted molar refractivity (Wildman–Crippen MR) is 77.5 cm³/mol. The van der Waals surface area contributed by atoms with Crippen LogP contribution in [0, 0.1) is 5.92 Å². The molecule has 0 aromatic heterocycles. The quantitative estimate of drug-likeness (QED) is 0.788. The average Bonchev–Trinajstić information content (AvgIpc) is 2.38. The Kier molecular flexibility index (Phi) is 5.13. The van der Waals surface area contributed by atoms with E-state index in [4.69, 9.17) is 0 Å². The van der Waals surface area contributed by atoms with Crippen molar-refractivity contribution in [3.63, 3.8) is 0 Å². The molecule has 0 amide bonds. The Morgan fingerprint density at radius 2 is 1.85 bits per heavy atom. The van der Waals surface area contributed by atoms with Crippen molar-refractivity contribution in [1.82, 2.24) is 5.32 Å². The zero-order valence-corrected chi connectivity index (χ0v) is 13.0. The summed E-state index contributed by atoms with van der Waals surface area (Å²) in [7, 11) is 0. The maximum absolute atomic E-state index is 13.1. The van der Waals surface area contributed by atoms with Gasteiger partial charge in [0.1, 0.15) is 0 Å². The van der Waals surface area contributed by atoms with Crippen LogP contribution in [0.15, 0.2) is 28.7 Å². The Bertz CT molecular complexity index is 447. The van der Waals surface area contributed by atoms with Gasteiger partial charge in [0.25, 0.3) is 0 Å².